The molecule has 0 heterocycles. The van der Waals surface area contributed by atoms with Crippen LogP contribution in [0, 0.1) is 0 Å². The Kier molecular flexibility index (Phi) is 4.11. The van der Waals surface area contributed by atoms with Gasteiger partial charge in [-0.15, -0.1) is 0 Å². The van der Waals surface area contributed by atoms with Gasteiger partial charge in [0.25, 0.3) is 5.91 Å². The summed E-state index contributed by atoms with van der Waals surface area (Å²) in [5.74, 6) is -0.347. The number of hydrogen-bond acceptors (Lipinski definition) is 1. The second-order valence-corrected chi connectivity index (χ2v) is 5.69. The van der Waals surface area contributed by atoms with Crippen molar-refractivity contribution >= 4 is 5.91 Å². The van der Waals surface area contributed by atoms with Crippen LogP contribution in [-0.4, -0.2) is 5.91 Å². The van der Waals surface area contributed by atoms with Crippen molar-refractivity contribution in [2.45, 2.75) is 31.5 Å². The van der Waals surface area contributed by atoms with Crippen molar-refractivity contribution in [3.63, 3.8) is 0 Å². The normalized spacial score (nSPS) is 17.4. The molecule has 2 nitrogen and oxygen atoms in total. The number of aryl methyl sites for hydroxylation is 1. The molecule has 2 aromatic carbocycles. The van der Waals surface area contributed by atoms with Crippen LogP contribution in [0.3, 0.4) is 0 Å². The number of halogens is 3. The Morgan fingerprint density at radius 2 is 1.74 bits per heavy atom. The van der Waals surface area contributed by atoms with Gasteiger partial charge in [0.1, 0.15) is 0 Å². The topological polar surface area (TPSA) is 29.1 Å². The van der Waals surface area contributed by atoms with Crippen LogP contribution in [0.15, 0.2) is 48.5 Å². The zero-order chi connectivity index (χ0) is 16.4. The summed E-state index contributed by atoms with van der Waals surface area (Å²) in [5.41, 5.74) is 1.80. The van der Waals surface area contributed by atoms with E-state index >= 15 is 0 Å². The molecule has 1 N–H and O–H groups in total. The molecule has 1 aliphatic rings. The van der Waals surface area contributed by atoms with E-state index in [-0.39, 0.29) is 17.5 Å². The van der Waals surface area contributed by atoms with Gasteiger partial charge in [0, 0.05) is 5.56 Å². The SMILES string of the molecule is O=C(N[C@H]1CCCc2ccccc21)c1ccc(C(F)(F)F)cc1. The van der Waals surface area contributed by atoms with Gasteiger partial charge in [-0.25, -0.2) is 0 Å². The quantitative estimate of drug-likeness (QED) is 0.867. The summed E-state index contributed by atoms with van der Waals surface area (Å²) < 4.78 is 37.7. The number of hydrogen-bond donors (Lipinski definition) is 1. The van der Waals surface area contributed by atoms with E-state index in [2.05, 4.69) is 5.32 Å². The van der Waals surface area contributed by atoms with Crippen molar-refractivity contribution in [2.24, 2.45) is 0 Å². The molecule has 23 heavy (non-hydrogen) atoms. The molecular formula is C18H16F3NO. The minimum atomic E-state index is -4.39. The average Bonchev–Trinajstić information content (AvgIpc) is 2.54. The second kappa shape index (κ2) is 6.07. The molecule has 1 atom stereocenters. The lowest BCUT2D eigenvalue weighted by atomic mass is 9.87. The highest BCUT2D eigenvalue weighted by Gasteiger charge is 2.30. The molecule has 0 fully saturated rings. The molecule has 0 spiro atoms. The summed E-state index contributed by atoms with van der Waals surface area (Å²) in [6.45, 7) is 0. The summed E-state index contributed by atoms with van der Waals surface area (Å²) >= 11 is 0. The lowest BCUT2D eigenvalue weighted by Crippen LogP contribution is -2.31. The lowest BCUT2D eigenvalue weighted by molar-refractivity contribution is -0.137. The molecule has 1 aliphatic carbocycles. The summed E-state index contributed by atoms with van der Waals surface area (Å²) in [6.07, 6.45) is -1.58. The number of carbonyl (C=O) groups excluding carboxylic acids is 1. The molecule has 5 heteroatoms. The highest BCUT2D eigenvalue weighted by atomic mass is 19.4. The molecule has 2 aromatic rings. The highest BCUT2D eigenvalue weighted by Crippen LogP contribution is 2.31. The lowest BCUT2D eigenvalue weighted by Gasteiger charge is -2.26. The van der Waals surface area contributed by atoms with Crippen LogP contribution in [0.5, 0.6) is 0 Å². The van der Waals surface area contributed by atoms with Crippen LogP contribution in [0.25, 0.3) is 0 Å². The Bertz CT molecular complexity index is 707. The molecule has 120 valence electrons. The summed E-state index contributed by atoms with van der Waals surface area (Å²) in [5, 5.41) is 2.93. The van der Waals surface area contributed by atoms with E-state index in [1.165, 1.54) is 17.7 Å². The van der Waals surface area contributed by atoms with Gasteiger partial charge in [-0.3, -0.25) is 4.79 Å². The second-order valence-electron chi connectivity index (χ2n) is 5.69. The van der Waals surface area contributed by atoms with Crippen LogP contribution in [0.4, 0.5) is 13.2 Å². The first-order chi connectivity index (χ1) is 10.9. The van der Waals surface area contributed by atoms with Gasteiger partial charge < -0.3 is 5.32 Å². The van der Waals surface area contributed by atoms with Crippen LogP contribution in [0.2, 0.25) is 0 Å². The van der Waals surface area contributed by atoms with Crippen LogP contribution in [0.1, 0.15) is 45.9 Å². The maximum absolute atomic E-state index is 12.6. The van der Waals surface area contributed by atoms with Gasteiger partial charge in [-0.05, 0) is 54.7 Å². The van der Waals surface area contributed by atoms with Gasteiger partial charge in [0.15, 0.2) is 0 Å². The fourth-order valence-electron chi connectivity index (χ4n) is 2.96. The van der Waals surface area contributed by atoms with Crippen molar-refractivity contribution in [1.82, 2.24) is 5.32 Å². The van der Waals surface area contributed by atoms with Crippen molar-refractivity contribution < 1.29 is 18.0 Å². The fraction of sp³-hybridized carbons (Fsp3) is 0.278. The van der Waals surface area contributed by atoms with Gasteiger partial charge >= 0.3 is 6.18 Å². The van der Waals surface area contributed by atoms with Crippen LogP contribution >= 0.6 is 0 Å². The summed E-state index contributed by atoms with van der Waals surface area (Å²) in [7, 11) is 0. The Balaban J connectivity index is 1.75. The first-order valence-corrected chi connectivity index (χ1v) is 7.51. The first-order valence-electron chi connectivity index (χ1n) is 7.51. The molecule has 3 rings (SSSR count). The van der Waals surface area contributed by atoms with Crippen LogP contribution in [-0.2, 0) is 12.6 Å². The van der Waals surface area contributed by atoms with Gasteiger partial charge in [0.05, 0.1) is 11.6 Å². The molecule has 0 saturated carbocycles. The molecule has 0 saturated heterocycles. The van der Waals surface area contributed by atoms with E-state index in [1.54, 1.807) is 0 Å². The Morgan fingerprint density at radius 3 is 2.43 bits per heavy atom. The zero-order valence-electron chi connectivity index (χ0n) is 12.4. The Labute approximate surface area is 132 Å². The minimum absolute atomic E-state index is 0.0882. The van der Waals surface area contributed by atoms with Crippen molar-refractivity contribution in [3.05, 3.63) is 70.8 Å². The van der Waals surface area contributed by atoms with Gasteiger partial charge in [0.2, 0.25) is 0 Å². The van der Waals surface area contributed by atoms with Gasteiger partial charge in [-0.1, -0.05) is 24.3 Å². The number of amides is 1. The predicted octanol–water partition coefficient (Wildman–Crippen LogP) is 4.51. The molecule has 1 amide bonds. The van der Waals surface area contributed by atoms with E-state index in [4.69, 9.17) is 0 Å². The molecule has 0 bridgehead atoms. The number of benzene rings is 2. The van der Waals surface area contributed by atoms with E-state index < -0.39 is 11.7 Å². The Hall–Kier alpha value is -2.30. The monoisotopic (exact) mass is 319 g/mol. The van der Waals surface area contributed by atoms with E-state index in [0.29, 0.717) is 0 Å². The molecule has 0 unspecified atom stereocenters. The van der Waals surface area contributed by atoms with E-state index in [0.717, 1.165) is 37.0 Å². The maximum atomic E-state index is 12.6. The smallest absolute Gasteiger partial charge is 0.345 e. The number of carbonyl (C=O) groups is 1. The largest absolute Gasteiger partial charge is 0.416 e. The number of alkyl halides is 3. The molecule has 0 radical (unpaired) electrons. The Morgan fingerprint density at radius 1 is 1.04 bits per heavy atom. The van der Waals surface area contributed by atoms with E-state index in [9.17, 15) is 18.0 Å². The fourth-order valence-corrected chi connectivity index (χ4v) is 2.96. The van der Waals surface area contributed by atoms with Gasteiger partial charge in [-0.2, -0.15) is 13.2 Å². The number of fused-ring (bicyclic) bond motifs is 1. The number of rotatable bonds is 2. The van der Waals surface area contributed by atoms with E-state index in [1.807, 2.05) is 24.3 Å². The predicted molar refractivity (Wildman–Crippen MR) is 81.0 cm³/mol. The van der Waals surface area contributed by atoms with Crippen LogP contribution < -0.4 is 5.32 Å². The highest BCUT2D eigenvalue weighted by molar-refractivity contribution is 5.94. The van der Waals surface area contributed by atoms with Crippen molar-refractivity contribution in [3.8, 4) is 0 Å². The third-order valence-electron chi connectivity index (χ3n) is 4.15. The van der Waals surface area contributed by atoms with Crippen molar-refractivity contribution in [2.75, 3.05) is 0 Å². The zero-order valence-corrected chi connectivity index (χ0v) is 12.4. The first kappa shape index (κ1) is 15.6. The van der Waals surface area contributed by atoms with Crippen molar-refractivity contribution in [1.29, 1.82) is 0 Å². The summed E-state index contributed by atoms with van der Waals surface area (Å²) in [4.78, 5) is 12.3. The third kappa shape index (κ3) is 3.38. The maximum Gasteiger partial charge on any atom is 0.416 e. The third-order valence-corrected chi connectivity index (χ3v) is 4.15. The molecule has 0 aliphatic heterocycles. The molecular weight excluding hydrogens is 303 g/mol. The average molecular weight is 319 g/mol. The number of nitrogens with one attached hydrogen (secondary N) is 1. The minimum Gasteiger partial charge on any atom is -0.345 e. The standard InChI is InChI=1S/C18H16F3NO/c19-18(20,21)14-10-8-13(9-11-14)17(23)22-16-7-3-5-12-4-1-2-6-15(12)16/h1-2,4,6,8-11,16H,3,5,7H2,(H,22,23)/t16-/m0/s1. The summed E-state index contributed by atoms with van der Waals surface area (Å²) in [6, 6.07) is 12.2. The molecule has 0 aromatic heterocycles.